The van der Waals surface area contributed by atoms with Gasteiger partial charge in [0.05, 0.1) is 5.70 Å². The van der Waals surface area contributed by atoms with Crippen molar-refractivity contribution in [2.24, 2.45) is 10.9 Å². The molecular formula is C28H43NS. The van der Waals surface area contributed by atoms with E-state index in [1.54, 1.807) is 11.8 Å². The van der Waals surface area contributed by atoms with Crippen molar-refractivity contribution < 1.29 is 0 Å². The first-order valence-electron chi connectivity index (χ1n) is 11.9. The molecule has 30 heavy (non-hydrogen) atoms. The van der Waals surface area contributed by atoms with Gasteiger partial charge in [0.1, 0.15) is 0 Å². The number of unbranched alkanes of at least 4 members (excludes halogenated alkanes) is 1. The molecule has 0 bridgehead atoms. The third-order valence-electron chi connectivity index (χ3n) is 6.70. The third kappa shape index (κ3) is 6.61. The number of hydrogen-bond donors (Lipinski definition) is 0. The van der Waals surface area contributed by atoms with Crippen LogP contribution in [0.5, 0.6) is 0 Å². The highest BCUT2D eigenvalue weighted by atomic mass is 32.2. The number of allylic oxidation sites excluding steroid dienone is 2. The van der Waals surface area contributed by atoms with E-state index in [1.807, 2.05) is 0 Å². The summed E-state index contributed by atoms with van der Waals surface area (Å²) in [7, 11) is 0. The molecule has 0 amide bonds. The zero-order valence-corrected chi connectivity index (χ0v) is 21.2. The smallest absolute Gasteiger partial charge is 0.0761 e. The first kappa shape index (κ1) is 25.0. The third-order valence-corrected chi connectivity index (χ3v) is 7.16. The predicted octanol–water partition coefficient (Wildman–Crippen LogP) is 9.15. The van der Waals surface area contributed by atoms with Crippen LogP contribution in [0.2, 0.25) is 0 Å². The van der Waals surface area contributed by atoms with Crippen LogP contribution in [0, 0.1) is 5.92 Å². The molecule has 2 unspecified atom stereocenters. The molecule has 0 spiro atoms. The Labute approximate surface area is 190 Å². The van der Waals surface area contributed by atoms with Gasteiger partial charge in [0.25, 0.3) is 0 Å². The van der Waals surface area contributed by atoms with Crippen molar-refractivity contribution in [2.45, 2.75) is 97.8 Å². The first-order valence-corrected chi connectivity index (χ1v) is 13.2. The molecule has 0 aromatic heterocycles. The van der Waals surface area contributed by atoms with E-state index in [4.69, 9.17) is 4.99 Å². The van der Waals surface area contributed by atoms with Gasteiger partial charge in [0, 0.05) is 17.7 Å². The fraction of sp³-hybridized carbons (Fsp3) is 0.607. The minimum absolute atomic E-state index is 0.207. The highest BCUT2D eigenvalue weighted by molar-refractivity contribution is 8.01. The van der Waals surface area contributed by atoms with Crippen molar-refractivity contribution in [3.63, 3.8) is 0 Å². The summed E-state index contributed by atoms with van der Waals surface area (Å²) in [6.07, 6.45) is 15.4. The van der Waals surface area contributed by atoms with Gasteiger partial charge >= 0.3 is 0 Å². The molecule has 2 heteroatoms. The van der Waals surface area contributed by atoms with Crippen LogP contribution in [0.15, 0.2) is 40.2 Å². The summed E-state index contributed by atoms with van der Waals surface area (Å²) in [6.45, 7) is 14.0. The van der Waals surface area contributed by atoms with Gasteiger partial charge in [-0.1, -0.05) is 77.7 Å². The Kier molecular flexibility index (Phi) is 9.94. The van der Waals surface area contributed by atoms with Crippen LogP contribution in [-0.2, 0) is 5.41 Å². The summed E-state index contributed by atoms with van der Waals surface area (Å²) in [5.74, 6) is 1.05. The molecule has 1 aliphatic carbocycles. The van der Waals surface area contributed by atoms with Crippen LogP contribution in [-0.4, -0.2) is 12.5 Å². The number of nitrogens with zero attached hydrogens (tertiary/aromatic N) is 1. The van der Waals surface area contributed by atoms with Gasteiger partial charge in [-0.2, -0.15) is 0 Å². The lowest BCUT2D eigenvalue weighted by Gasteiger charge is -2.32. The van der Waals surface area contributed by atoms with Gasteiger partial charge in [-0.3, -0.25) is 4.99 Å². The number of rotatable bonds is 9. The molecule has 0 N–H and O–H groups in total. The quantitative estimate of drug-likeness (QED) is 0.284. The van der Waals surface area contributed by atoms with E-state index in [0.29, 0.717) is 11.8 Å². The van der Waals surface area contributed by atoms with E-state index in [1.165, 1.54) is 67.2 Å². The molecule has 2 rings (SSSR count). The van der Waals surface area contributed by atoms with Crippen LogP contribution in [0.25, 0.3) is 5.70 Å². The average Bonchev–Trinajstić information content (AvgIpc) is 2.72. The highest BCUT2D eigenvalue weighted by Gasteiger charge is 2.27. The molecule has 1 nitrogen and oxygen atoms in total. The van der Waals surface area contributed by atoms with Gasteiger partial charge in [-0.15, -0.1) is 11.8 Å². The van der Waals surface area contributed by atoms with E-state index < -0.39 is 0 Å². The average molecular weight is 426 g/mol. The fourth-order valence-electron chi connectivity index (χ4n) is 4.51. The van der Waals surface area contributed by atoms with Crippen LogP contribution in [0.3, 0.4) is 0 Å². The molecule has 0 saturated carbocycles. The fourth-order valence-corrected chi connectivity index (χ4v) is 4.94. The van der Waals surface area contributed by atoms with Gasteiger partial charge < -0.3 is 0 Å². The number of hydrogen-bond acceptors (Lipinski definition) is 2. The van der Waals surface area contributed by atoms with Crippen molar-refractivity contribution in [2.75, 3.05) is 6.26 Å². The van der Waals surface area contributed by atoms with Gasteiger partial charge in [0.15, 0.2) is 0 Å². The molecule has 0 fully saturated rings. The van der Waals surface area contributed by atoms with Crippen molar-refractivity contribution >= 4 is 23.7 Å². The summed E-state index contributed by atoms with van der Waals surface area (Å²) in [4.78, 5) is 5.03. The Balaban J connectivity index is 2.42. The summed E-state index contributed by atoms with van der Waals surface area (Å²) in [5, 5.41) is 2.21. The second-order valence-electron chi connectivity index (χ2n) is 9.60. The van der Waals surface area contributed by atoms with Gasteiger partial charge in [-0.25, -0.2) is 0 Å². The molecule has 1 aliphatic rings. The lowest BCUT2D eigenvalue weighted by molar-refractivity contribution is 0.472. The topological polar surface area (TPSA) is 12.4 Å². The second-order valence-corrected chi connectivity index (χ2v) is 10.3. The van der Waals surface area contributed by atoms with Crippen LogP contribution < -0.4 is 0 Å². The van der Waals surface area contributed by atoms with E-state index in [0.717, 1.165) is 5.70 Å². The minimum Gasteiger partial charge on any atom is -0.260 e. The molecule has 0 aliphatic heterocycles. The lowest BCUT2D eigenvalue weighted by Crippen LogP contribution is -2.22. The first-order chi connectivity index (χ1) is 14.3. The van der Waals surface area contributed by atoms with Gasteiger partial charge in [-0.05, 0) is 72.8 Å². The number of thioether (sulfide) groups is 1. The van der Waals surface area contributed by atoms with Crippen molar-refractivity contribution in [1.29, 1.82) is 0 Å². The predicted molar refractivity (Wildman–Crippen MR) is 139 cm³/mol. The minimum atomic E-state index is 0.207. The maximum absolute atomic E-state index is 5.03. The SMILES string of the molecule is CCCCC(C=N/C(=C\SC)c1ccc2c(c1)C(C)C(C)=CCCC2(C)C)CCC. The highest BCUT2D eigenvalue weighted by Crippen LogP contribution is 2.40. The number of aliphatic imine (C=N–C) groups is 1. The zero-order valence-electron chi connectivity index (χ0n) is 20.4. The molecule has 0 radical (unpaired) electrons. The number of benzene rings is 1. The lowest BCUT2D eigenvalue weighted by atomic mass is 9.72. The standard InChI is InChI=1S/C28H43NS/c1-8-10-14-23(12-9-2)19-29-27(20-30-7)24-15-16-26-25(18-24)22(4)21(3)13-11-17-28(26,5)6/h13,15-16,18-20,22-23H,8-12,14,17H2,1-7H3/b21-13?,27-20-,29-19?. The molecule has 0 saturated heterocycles. The summed E-state index contributed by atoms with van der Waals surface area (Å²) in [6, 6.07) is 7.10. The maximum atomic E-state index is 5.03. The molecule has 2 atom stereocenters. The molecule has 1 aromatic rings. The normalized spacial score (nSPS) is 20.4. The number of fused-ring (bicyclic) bond motifs is 1. The van der Waals surface area contributed by atoms with E-state index in [2.05, 4.69) is 83.7 Å². The molecule has 166 valence electrons. The Morgan fingerprint density at radius 2 is 2.00 bits per heavy atom. The van der Waals surface area contributed by atoms with Crippen molar-refractivity contribution in [1.82, 2.24) is 0 Å². The Hall–Kier alpha value is -1.28. The van der Waals surface area contributed by atoms with Gasteiger partial charge in [0.2, 0.25) is 0 Å². The van der Waals surface area contributed by atoms with E-state index >= 15 is 0 Å². The summed E-state index contributed by atoms with van der Waals surface area (Å²) >= 11 is 1.75. The van der Waals surface area contributed by atoms with E-state index in [-0.39, 0.29) is 5.41 Å². The summed E-state index contributed by atoms with van der Waals surface area (Å²) < 4.78 is 0. The van der Waals surface area contributed by atoms with Crippen LogP contribution >= 0.6 is 11.8 Å². The molecule has 1 aromatic carbocycles. The molecule has 0 heterocycles. The van der Waals surface area contributed by atoms with Crippen LogP contribution in [0.1, 0.15) is 109 Å². The van der Waals surface area contributed by atoms with E-state index in [9.17, 15) is 0 Å². The summed E-state index contributed by atoms with van der Waals surface area (Å²) in [5.41, 5.74) is 7.04. The Morgan fingerprint density at radius 3 is 2.67 bits per heavy atom. The largest absolute Gasteiger partial charge is 0.260 e. The Bertz CT molecular complexity index is 769. The van der Waals surface area contributed by atoms with Crippen molar-refractivity contribution in [3.8, 4) is 0 Å². The maximum Gasteiger partial charge on any atom is 0.0761 e. The second kappa shape index (κ2) is 11.9. The Morgan fingerprint density at radius 1 is 1.23 bits per heavy atom. The zero-order chi connectivity index (χ0) is 22.1. The van der Waals surface area contributed by atoms with Crippen molar-refractivity contribution in [3.05, 3.63) is 51.9 Å². The van der Waals surface area contributed by atoms with Crippen LogP contribution in [0.4, 0.5) is 0 Å². The monoisotopic (exact) mass is 425 g/mol. The molecular weight excluding hydrogens is 382 g/mol.